The first-order chi connectivity index (χ1) is 12.0. The fourth-order valence-corrected chi connectivity index (χ4v) is 3.48. The number of hydrogen-bond acceptors (Lipinski definition) is 4. The monoisotopic (exact) mass is 348 g/mol. The van der Waals surface area contributed by atoms with E-state index in [1.807, 2.05) is 4.90 Å². The highest BCUT2D eigenvalue weighted by Crippen LogP contribution is 2.36. The largest absolute Gasteiger partial charge is 0.497 e. The first-order valence-corrected chi connectivity index (χ1v) is 8.66. The van der Waals surface area contributed by atoms with Crippen molar-refractivity contribution in [3.63, 3.8) is 0 Å². The van der Waals surface area contributed by atoms with Crippen molar-refractivity contribution in [2.24, 2.45) is 5.92 Å². The zero-order chi connectivity index (χ0) is 18.0. The summed E-state index contributed by atoms with van der Waals surface area (Å²) in [5.41, 5.74) is 0.657. The van der Waals surface area contributed by atoms with E-state index in [-0.39, 0.29) is 24.2 Å². The van der Waals surface area contributed by atoms with Crippen LogP contribution in [-0.2, 0) is 9.59 Å². The maximum atomic E-state index is 12.8. The highest BCUT2D eigenvalue weighted by atomic mass is 16.5. The fraction of sp³-hybridized carbons (Fsp3) is 0.556. The average molecular weight is 348 g/mol. The van der Waals surface area contributed by atoms with E-state index < -0.39 is 0 Å². The Balaban J connectivity index is 1.75. The lowest BCUT2D eigenvalue weighted by Gasteiger charge is -2.31. The van der Waals surface area contributed by atoms with Gasteiger partial charge in [-0.25, -0.2) is 0 Å². The van der Waals surface area contributed by atoms with Gasteiger partial charge in [0.25, 0.3) is 0 Å². The zero-order valence-electron chi connectivity index (χ0n) is 15.1. The Kier molecular flexibility index (Phi) is 5.13. The van der Waals surface area contributed by atoms with E-state index in [1.165, 1.54) is 4.90 Å². The predicted octanol–water partition coefficient (Wildman–Crippen LogP) is -0.586. The number of piperazine rings is 1. The summed E-state index contributed by atoms with van der Waals surface area (Å²) in [4.78, 5) is 30.3. The first-order valence-electron chi connectivity index (χ1n) is 8.66. The van der Waals surface area contributed by atoms with Crippen LogP contribution in [-0.4, -0.2) is 70.7 Å². The van der Waals surface area contributed by atoms with Gasteiger partial charge in [-0.15, -0.1) is 0 Å². The zero-order valence-corrected chi connectivity index (χ0v) is 15.1. The lowest BCUT2D eigenvalue weighted by Crippen LogP contribution is -3.12. The number of nitrogens with zero attached hydrogens (tertiary/aromatic N) is 2. The second-order valence-corrected chi connectivity index (χ2v) is 6.73. The topological polar surface area (TPSA) is 63.5 Å². The van der Waals surface area contributed by atoms with Gasteiger partial charge in [0.1, 0.15) is 11.5 Å². The Morgan fingerprint density at radius 1 is 1.20 bits per heavy atom. The fourth-order valence-electron chi connectivity index (χ4n) is 3.48. The normalized spacial score (nSPS) is 21.6. The minimum absolute atomic E-state index is 0.0512. The number of hydrogen-bond donors (Lipinski definition) is 1. The molecule has 0 spiro atoms. The van der Waals surface area contributed by atoms with Crippen LogP contribution >= 0.6 is 0 Å². The number of methoxy groups -OCH3 is 2. The molecule has 136 valence electrons. The van der Waals surface area contributed by atoms with E-state index in [0.29, 0.717) is 23.7 Å². The number of carbonyl (C=O) groups is 2. The maximum absolute atomic E-state index is 12.8. The van der Waals surface area contributed by atoms with Gasteiger partial charge in [-0.05, 0) is 12.1 Å². The van der Waals surface area contributed by atoms with Crippen molar-refractivity contribution in [3.05, 3.63) is 18.2 Å². The lowest BCUT2D eigenvalue weighted by atomic mass is 10.1. The Labute approximate surface area is 148 Å². The van der Waals surface area contributed by atoms with Crippen LogP contribution in [0.5, 0.6) is 11.5 Å². The van der Waals surface area contributed by atoms with E-state index in [0.717, 1.165) is 26.2 Å². The minimum Gasteiger partial charge on any atom is -0.497 e. The van der Waals surface area contributed by atoms with Gasteiger partial charge in [0.15, 0.2) is 0 Å². The van der Waals surface area contributed by atoms with Crippen LogP contribution in [0.25, 0.3) is 0 Å². The summed E-state index contributed by atoms with van der Waals surface area (Å²) in [7, 11) is 5.29. The van der Waals surface area contributed by atoms with Gasteiger partial charge < -0.3 is 24.2 Å². The molecule has 7 nitrogen and oxygen atoms in total. The third-order valence-corrected chi connectivity index (χ3v) is 5.08. The molecule has 2 aliphatic heterocycles. The van der Waals surface area contributed by atoms with Crippen LogP contribution in [0.4, 0.5) is 5.69 Å². The number of quaternary nitrogens is 1. The van der Waals surface area contributed by atoms with E-state index in [1.54, 1.807) is 37.3 Å². The number of carbonyl (C=O) groups excluding carboxylic acids is 2. The number of amides is 2. The first kappa shape index (κ1) is 17.5. The average Bonchev–Trinajstić information content (AvgIpc) is 3.02. The summed E-state index contributed by atoms with van der Waals surface area (Å²) in [6.45, 7) is 3.83. The van der Waals surface area contributed by atoms with Crippen LogP contribution < -0.4 is 19.3 Å². The molecule has 1 atom stereocenters. The van der Waals surface area contributed by atoms with E-state index in [2.05, 4.69) is 7.05 Å². The molecule has 2 amide bonds. The molecular formula is C18H26N3O4+. The number of nitrogens with one attached hydrogen (secondary N) is 1. The predicted molar refractivity (Wildman–Crippen MR) is 93.2 cm³/mol. The molecule has 0 bridgehead atoms. The third kappa shape index (κ3) is 3.56. The van der Waals surface area contributed by atoms with Gasteiger partial charge in [0.2, 0.25) is 11.8 Å². The molecule has 1 aromatic carbocycles. The second kappa shape index (κ2) is 7.31. The summed E-state index contributed by atoms with van der Waals surface area (Å²) >= 11 is 0. The van der Waals surface area contributed by atoms with Crippen LogP contribution in [0.3, 0.4) is 0 Å². The molecule has 7 heteroatoms. The van der Waals surface area contributed by atoms with E-state index >= 15 is 0 Å². The molecule has 0 radical (unpaired) electrons. The number of benzene rings is 1. The summed E-state index contributed by atoms with van der Waals surface area (Å²) in [6, 6.07) is 5.35. The van der Waals surface area contributed by atoms with Crippen LogP contribution in [0.1, 0.15) is 6.42 Å². The van der Waals surface area contributed by atoms with Crippen LogP contribution in [0.2, 0.25) is 0 Å². The highest BCUT2D eigenvalue weighted by molar-refractivity contribution is 6.01. The summed E-state index contributed by atoms with van der Waals surface area (Å²) in [6.07, 6.45) is 0.248. The molecule has 0 aliphatic carbocycles. The molecule has 2 saturated heterocycles. The quantitative estimate of drug-likeness (QED) is 0.790. The second-order valence-electron chi connectivity index (χ2n) is 6.73. The maximum Gasteiger partial charge on any atom is 0.228 e. The number of rotatable bonds is 4. The Morgan fingerprint density at radius 2 is 1.92 bits per heavy atom. The number of likely N-dealkylation sites (N-methyl/N-ethyl adjacent to an activating group) is 1. The van der Waals surface area contributed by atoms with Gasteiger partial charge in [0, 0.05) is 19.0 Å². The van der Waals surface area contributed by atoms with Crippen LogP contribution in [0.15, 0.2) is 18.2 Å². The van der Waals surface area contributed by atoms with Gasteiger partial charge in [-0.1, -0.05) is 0 Å². The molecule has 3 rings (SSSR count). The highest BCUT2D eigenvalue weighted by Gasteiger charge is 2.39. The molecular weight excluding hydrogens is 322 g/mol. The molecule has 0 saturated carbocycles. The van der Waals surface area contributed by atoms with Crippen molar-refractivity contribution in [1.29, 1.82) is 0 Å². The molecule has 0 aromatic heterocycles. The molecule has 0 unspecified atom stereocenters. The van der Waals surface area contributed by atoms with E-state index in [9.17, 15) is 9.59 Å². The molecule has 2 heterocycles. The minimum atomic E-state index is -0.290. The van der Waals surface area contributed by atoms with Crippen molar-refractivity contribution in [2.75, 3.05) is 58.9 Å². The lowest BCUT2D eigenvalue weighted by molar-refractivity contribution is -0.883. The van der Waals surface area contributed by atoms with Gasteiger partial charge >= 0.3 is 0 Å². The Bertz CT molecular complexity index is 656. The molecule has 1 aromatic rings. The van der Waals surface area contributed by atoms with Crippen molar-refractivity contribution >= 4 is 17.5 Å². The van der Waals surface area contributed by atoms with Crippen LogP contribution in [0, 0.1) is 5.92 Å². The Hall–Kier alpha value is -2.28. The SMILES string of the molecule is COc1ccc(OC)c(N2C[C@@H](C(=O)N3CC[NH+](C)CC3)CC2=O)c1. The number of anilines is 1. The van der Waals surface area contributed by atoms with Gasteiger partial charge in [-0.2, -0.15) is 0 Å². The number of ether oxygens (including phenoxy) is 2. The van der Waals surface area contributed by atoms with E-state index in [4.69, 9.17) is 9.47 Å². The van der Waals surface area contributed by atoms with Crippen molar-refractivity contribution in [1.82, 2.24) is 4.90 Å². The van der Waals surface area contributed by atoms with Crippen molar-refractivity contribution < 1.29 is 24.0 Å². The third-order valence-electron chi connectivity index (χ3n) is 5.08. The smallest absolute Gasteiger partial charge is 0.228 e. The molecule has 2 fully saturated rings. The van der Waals surface area contributed by atoms with Gasteiger partial charge in [0.05, 0.1) is 59.1 Å². The summed E-state index contributed by atoms with van der Waals surface area (Å²) in [5.74, 6) is 1.00. The summed E-state index contributed by atoms with van der Waals surface area (Å²) < 4.78 is 10.6. The van der Waals surface area contributed by atoms with Gasteiger partial charge in [-0.3, -0.25) is 9.59 Å². The van der Waals surface area contributed by atoms with Crippen molar-refractivity contribution in [2.45, 2.75) is 6.42 Å². The standard InChI is InChI=1S/C18H25N3O4/c1-19-6-8-20(9-7-19)18(23)13-10-17(22)21(12-13)15-11-14(24-2)4-5-16(15)25-3/h4-5,11,13H,6-10,12H2,1-3H3/p+1/t13-/m0/s1. The van der Waals surface area contributed by atoms with Crippen molar-refractivity contribution in [3.8, 4) is 11.5 Å². The molecule has 2 aliphatic rings. The molecule has 1 N–H and O–H groups in total. The molecule has 25 heavy (non-hydrogen) atoms. The Morgan fingerprint density at radius 3 is 2.56 bits per heavy atom. The summed E-state index contributed by atoms with van der Waals surface area (Å²) in [5, 5.41) is 0.